The molecule has 1 aliphatic heterocycles. The SMILES string of the molecule is Cc1c(Cl)cccc1C(=O)NC1CCCNC1C. The van der Waals surface area contributed by atoms with Gasteiger partial charge in [0.15, 0.2) is 0 Å². The summed E-state index contributed by atoms with van der Waals surface area (Å²) < 4.78 is 0. The molecule has 0 aliphatic carbocycles. The Labute approximate surface area is 113 Å². The lowest BCUT2D eigenvalue weighted by Gasteiger charge is -2.30. The maximum atomic E-state index is 12.2. The topological polar surface area (TPSA) is 41.1 Å². The van der Waals surface area contributed by atoms with Crippen LogP contribution < -0.4 is 10.6 Å². The summed E-state index contributed by atoms with van der Waals surface area (Å²) in [6.07, 6.45) is 2.13. The second-order valence-corrected chi connectivity index (χ2v) is 5.28. The van der Waals surface area contributed by atoms with E-state index in [1.807, 2.05) is 19.1 Å². The van der Waals surface area contributed by atoms with Crippen LogP contribution in [0.5, 0.6) is 0 Å². The number of benzene rings is 1. The van der Waals surface area contributed by atoms with E-state index in [9.17, 15) is 4.79 Å². The first-order valence-electron chi connectivity index (χ1n) is 6.39. The third-order valence-corrected chi connectivity index (χ3v) is 4.00. The van der Waals surface area contributed by atoms with Crippen molar-refractivity contribution in [2.45, 2.75) is 38.8 Å². The Bertz CT molecular complexity index is 447. The van der Waals surface area contributed by atoms with Crippen LogP contribution in [0.2, 0.25) is 5.02 Å². The van der Waals surface area contributed by atoms with Gasteiger partial charge in [0.05, 0.1) is 0 Å². The monoisotopic (exact) mass is 266 g/mol. The Morgan fingerprint density at radius 2 is 2.28 bits per heavy atom. The number of halogens is 1. The Hall–Kier alpha value is -1.06. The number of carbonyl (C=O) groups excluding carboxylic acids is 1. The molecule has 1 heterocycles. The van der Waals surface area contributed by atoms with Gasteiger partial charge >= 0.3 is 0 Å². The van der Waals surface area contributed by atoms with Crippen molar-refractivity contribution in [1.82, 2.24) is 10.6 Å². The lowest BCUT2D eigenvalue weighted by Crippen LogP contribution is -2.52. The number of rotatable bonds is 2. The summed E-state index contributed by atoms with van der Waals surface area (Å²) >= 11 is 6.04. The van der Waals surface area contributed by atoms with Gasteiger partial charge in [-0.05, 0) is 50.9 Å². The zero-order chi connectivity index (χ0) is 13.1. The van der Waals surface area contributed by atoms with Crippen LogP contribution in [0.4, 0.5) is 0 Å². The van der Waals surface area contributed by atoms with Crippen molar-refractivity contribution in [3.05, 3.63) is 34.3 Å². The summed E-state index contributed by atoms with van der Waals surface area (Å²) in [4.78, 5) is 12.2. The van der Waals surface area contributed by atoms with E-state index in [0.29, 0.717) is 16.6 Å². The molecule has 0 bridgehead atoms. The van der Waals surface area contributed by atoms with E-state index in [1.54, 1.807) is 6.07 Å². The molecule has 2 N–H and O–H groups in total. The number of piperidine rings is 1. The summed E-state index contributed by atoms with van der Waals surface area (Å²) in [6.45, 7) is 5.01. The number of nitrogens with one attached hydrogen (secondary N) is 2. The maximum Gasteiger partial charge on any atom is 0.251 e. The molecular weight excluding hydrogens is 248 g/mol. The summed E-state index contributed by atoms with van der Waals surface area (Å²) in [6, 6.07) is 5.95. The van der Waals surface area contributed by atoms with Crippen LogP contribution in [-0.2, 0) is 0 Å². The Balaban J connectivity index is 2.09. The highest BCUT2D eigenvalue weighted by Crippen LogP contribution is 2.19. The van der Waals surface area contributed by atoms with Crippen molar-refractivity contribution in [2.75, 3.05) is 6.54 Å². The van der Waals surface area contributed by atoms with E-state index >= 15 is 0 Å². The molecule has 1 amide bonds. The molecule has 0 aromatic heterocycles. The molecule has 1 aromatic carbocycles. The van der Waals surface area contributed by atoms with Crippen molar-refractivity contribution in [3.8, 4) is 0 Å². The van der Waals surface area contributed by atoms with Gasteiger partial charge in [0.2, 0.25) is 0 Å². The molecule has 2 atom stereocenters. The average molecular weight is 267 g/mol. The molecule has 1 fully saturated rings. The van der Waals surface area contributed by atoms with Gasteiger partial charge in [-0.25, -0.2) is 0 Å². The Kier molecular flexibility index (Phi) is 4.25. The summed E-state index contributed by atoms with van der Waals surface area (Å²) in [5.41, 5.74) is 1.51. The smallest absolute Gasteiger partial charge is 0.251 e. The van der Waals surface area contributed by atoms with E-state index in [4.69, 9.17) is 11.6 Å². The maximum absolute atomic E-state index is 12.2. The lowest BCUT2D eigenvalue weighted by atomic mass is 9.99. The molecule has 0 saturated carbocycles. The van der Waals surface area contributed by atoms with Crippen molar-refractivity contribution in [2.24, 2.45) is 0 Å². The molecular formula is C14H19ClN2O. The van der Waals surface area contributed by atoms with Gasteiger partial charge in [-0.2, -0.15) is 0 Å². The van der Waals surface area contributed by atoms with Gasteiger partial charge in [0.1, 0.15) is 0 Å². The molecule has 2 rings (SSSR count). The van der Waals surface area contributed by atoms with Crippen molar-refractivity contribution < 1.29 is 4.79 Å². The zero-order valence-corrected chi connectivity index (χ0v) is 11.6. The molecule has 2 unspecified atom stereocenters. The third-order valence-electron chi connectivity index (χ3n) is 3.59. The standard InChI is InChI=1S/C14H19ClN2O/c1-9-11(5-3-6-12(9)15)14(18)17-13-7-4-8-16-10(13)2/h3,5-6,10,13,16H,4,7-8H2,1-2H3,(H,17,18). The second kappa shape index (κ2) is 5.72. The average Bonchev–Trinajstić information content (AvgIpc) is 2.35. The highest BCUT2D eigenvalue weighted by Gasteiger charge is 2.23. The minimum Gasteiger partial charge on any atom is -0.348 e. The molecule has 1 aliphatic rings. The van der Waals surface area contributed by atoms with Crippen molar-refractivity contribution in [1.29, 1.82) is 0 Å². The highest BCUT2D eigenvalue weighted by molar-refractivity contribution is 6.31. The lowest BCUT2D eigenvalue weighted by molar-refractivity contribution is 0.0919. The minimum absolute atomic E-state index is 0.0319. The van der Waals surface area contributed by atoms with Crippen LogP contribution in [0.1, 0.15) is 35.7 Å². The third kappa shape index (κ3) is 2.85. The Morgan fingerprint density at radius 3 is 3.00 bits per heavy atom. The van der Waals surface area contributed by atoms with Gasteiger partial charge < -0.3 is 10.6 Å². The fraction of sp³-hybridized carbons (Fsp3) is 0.500. The van der Waals surface area contributed by atoms with Crippen molar-refractivity contribution in [3.63, 3.8) is 0 Å². The summed E-state index contributed by atoms with van der Waals surface area (Å²) in [5, 5.41) is 7.10. The van der Waals surface area contributed by atoms with Gasteiger partial charge in [-0.3, -0.25) is 4.79 Å². The molecule has 18 heavy (non-hydrogen) atoms. The van der Waals surface area contributed by atoms with Crippen LogP contribution in [0.3, 0.4) is 0 Å². The Morgan fingerprint density at radius 1 is 1.50 bits per heavy atom. The zero-order valence-electron chi connectivity index (χ0n) is 10.8. The molecule has 4 heteroatoms. The molecule has 1 aromatic rings. The van der Waals surface area contributed by atoms with E-state index in [1.165, 1.54) is 0 Å². The van der Waals surface area contributed by atoms with Crippen LogP contribution >= 0.6 is 11.6 Å². The quantitative estimate of drug-likeness (QED) is 0.864. The van der Waals surface area contributed by atoms with Gasteiger partial charge in [0.25, 0.3) is 5.91 Å². The first kappa shape index (κ1) is 13.4. The molecule has 3 nitrogen and oxygen atoms in total. The van der Waals surface area contributed by atoms with E-state index in [2.05, 4.69) is 17.6 Å². The van der Waals surface area contributed by atoms with Gasteiger partial charge in [-0.15, -0.1) is 0 Å². The van der Waals surface area contributed by atoms with Crippen LogP contribution in [0.15, 0.2) is 18.2 Å². The second-order valence-electron chi connectivity index (χ2n) is 4.88. The van der Waals surface area contributed by atoms with E-state index < -0.39 is 0 Å². The highest BCUT2D eigenvalue weighted by atomic mass is 35.5. The molecule has 0 radical (unpaired) electrons. The van der Waals surface area contributed by atoms with Crippen LogP contribution in [0, 0.1) is 6.92 Å². The van der Waals surface area contributed by atoms with Gasteiger partial charge in [-0.1, -0.05) is 17.7 Å². The number of hydrogen-bond acceptors (Lipinski definition) is 2. The predicted molar refractivity (Wildman–Crippen MR) is 74.1 cm³/mol. The first-order valence-corrected chi connectivity index (χ1v) is 6.76. The molecule has 98 valence electrons. The van der Waals surface area contributed by atoms with E-state index in [-0.39, 0.29) is 11.9 Å². The van der Waals surface area contributed by atoms with Crippen molar-refractivity contribution >= 4 is 17.5 Å². The largest absolute Gasteiger partial charge is 0.348 e. The fourth-order valence-electron chi connectivity index (χ4n) is 2.34. The number of hydrogen-bond donors (Lipinski definition) is 2. The molecule has 0 spiro atoms. The number of carbonyl (C=O) groups is 1. The minimum atomic E-state index is -0.0319. The predicted octanol–water partition coefficient (Wildman–Crippen LogP) is 2.52. The first-order chi connectivity index (χ1) is 8.59. The molecule has 1 saturated heterocycles. The van der Waals surface area contributed by atoms with Crippen LogP contribution in [0.25, 0.3) is 0 Å². The normalized spacial score (nSPS) is 23.7. The van der Waals surface area contributed by atoms with E-state index in [0.717, 1.165) is 24.9 Å². The van der Waals surface area contributed by atoms with Crippen LogP contribution in [-0.4, -0.2) is 24.5 Å². The number of amides is 1. The van der Waals surface area contributed by atoms with Gasteiger partial charge in [0, 0.05) is 22.7 Å². The summed E-state index contributed by atoms with van der Waals surface area (Å²) in [7, 11) is 0. The fourth-order valence-corrected chi connectivity index (χ4v) is 2.52. The summed E-state index contributed by atoms with van der Waals surface area (Å²) in [5.74, 6) is -0.0319.